The summed E-state index contributed by atoms with van der Waals surface area (Å²) in [6, 6.07) is 23.0. The summed E-state index contributed by atoms with van der Waals surface area (Å²) in [6.45, 7) is 22.5. The summed E-state index contributed by atoms with van der Waals surface area (Å²) < 4.78 is 0. The summed E-state index contributed by atoms with van der Waals surface area (Å²) in [5.74, 6) is 0. The maximum atomic E-state index is 4.38. The Kier molecular flexibility index (Phi) is 9.04. The van der Waals surface area contributed by atoms with Gasteiger partial charge in [-0.15, -0.1) is 0 Å². The fraction of sp³-hybridized carbons (Fsp3) is 0.444. The Labute approximate surface area is 221 Å². The average Bonchev–Trinajstić information content (AvgIpc) is 2.85. The Hall–Kier alpha value is -2.60. The Morgan fingerprint density at radius 2 is 1.39 bits per heavy atom. The maximum absolute atomic E-state index is 4.38. The normalized spacial score (nSPS) is 15.4. The van der Waals surface area contributed by atoms with E-state index >= 15 is 0 Å². The van der Waals surface area contributed by atoms with Gasteiger partial charge in [-0.1, -0.05) is 114 Å². The van der Waals surface area contributed by atoms with Crippen molar-refractivity contribution in [2.45, 2.75) is 105 Å². The van der Waals surface area contributed by atoms with E-state index in [9.17, 15) is 0 Å². The van der Waals surface area contributed by atoms with Crippen molar-refractivity contribution in [3.05, 3.63) is 112 Å². The van der Waals surface area contributed by atoms with Gasteiger partial charge in [-0.2, -0.15) is 0 Å². The van der Waals surface area contributed by atoms with Gasteiger partial charge in [-0.3, -0.25) is 0 Å². The smallest absolute Gasteiger partial charge is 0.00230 e. The van der Waals surface area contributed by atoms with Crippen LogP contribution in [0.5, 0.6) is 0 Å². The van der Waals surface area contributed by atoms with Crippen molar-refractivity contribution in [2.24, 2.45) is 0 Å². The van der Waals surface area contributed by atoms with Gasteiger partial charge in [0.15, 0.2) is 0 Å². The van der Waals surface area contributed by atoms with Crippen molar-refractivity contribution in [1.82, 2.24) is 0 Å². The molecule has 0 saturated carbocycles. The number of aryl methyl sites for hydroxylation is 3. The molecule has 0 unspecified atom stereocenters. The summed E-state index contributed by atoms with van der Waals surface area (Å²) in [7, 11) is 0. The predicted octanol–water partition coefficient (Wildman–Crippen LogP) is 10.3. The highest BCUT2D eigenvalue weighted by Gasteiger charge is 2.37. The summed E-state index contributed by atoms with van der Waals surface area (Å²) in [4.78, 5) is 0. The van der Waals surface area contributed by atoms with E-state index in [0.717, 1.165) is 25.7 Å². The van der Waals surface area contributed by atoms with Crippen LogP contribution in [0.4, 0.5) is 0 Å². The van der Waals surface area contributed by atoms with E-state index < -0.39 is 0 Å². The van der Waals surface area contributed by atoms with Crippen LogP contribution in [0, 0.1) is 13.8 Å². The van der Waals surface area contributed by atoms with Crippen LogP contribution in [0.25, 0.3) is 5.57 Å². The first kappa shape index (κ1) is 28.0. The lowest BCUT2D eigenvalue weighted by atomic mass is 9.62. The van der Waals surface area contributed by atoms with Crippen LogP contribution in [0.2, 0.25) is 0 Å². The molecule has 3 aromatic rings. The van der Waals surface area contributed by atoms with Crippen molar-refractivity contribution >= 4 is 5.57 Å². The number of benzene rings is 3. The molecule has 0 atom stereocenters. The highest BCUT2D eigenvalue weighted by atomic mass is 14.4. The molecule has 0 spiro atoms. The van der Waals surface area contributed by atoms with Crippen molar-refractivity contribution in [3.8, 4) is 0 Å². The van der Waals surface area contributed by atoms with E-state index in [1.165, 1.54) is 51.8 Å². The minimum absolute atomic E-state index is 0.257. The van der Waals surface area contributed by atoms with Gasteiger partial charge < -0.3 is 0 Å². The van der Waals surface area contributed by atoms with E-state index in [0.29, 0.717) is 0 Å². The fourth-order valence-electron chi connectivity index (χ4n) is 5.55. The van der Waals surface area contributed by atoms with E-state index in [1.54, 1.807) is 11.1 Å². The number of hydrogen-bond acceptors (Lipinski definition) is 0. The molecule has 0 fully saturated rings. The molecule has 0 aliphatic heterocycles. The van der Waals surface area contributed by atoms with Crippen molar-refractivity contribution in [2.75, 3.05) is 0 Å². The quantitative estimate of drug-likeness (QED) is 0.315. The zero-order chi connectivity index (χ0) is 26.5. The third-order valence-electron chi connectivity index (χ3n) is 8.09. The van der Waals surface area contributed by atoms with Gasteiger partial charge in [-0.25, -0.2) is 0 Å². The van der Waals surface area contributed by atoms with E-state index in [4.69, 9.17) is 0 Å². The third-order valence-corrected chi connectivity index (χ3v) is 8.09. The molecule has 3 aromatic carbocycles. The maximum Gasteiger partial charge on any atom is -0.00230 e. The summed E-state index contributed by atoms with van der Waals surface area (Å²) in [5.41, 5.74) is 13.2. The molecule has 0 radical (unpaired) electrons. The molecule has 0 aromatic heterocycles. The molecule has 4 rings (SSSR count). The molecule has 0 nitrogen and oxygen atoms in total. The highest BCUT2D eigenvalue weighted by molar-refractivity contribution is 5.63. The molecule has 1 aliphatic carbocycles. The molecule has 0 heteroatoms. The topological polar surface area (TPSA) is 0 Å². The Bertz CT molecular complexity index is 1170. The minimum atomic E-state index is 0.257. The predicted molar refractivity (Wildman–Crippen MR) is 160 cm³/mol. The van der Waals surface area contributed by atoms with E-state index in [-0.39, 0.29) is 10.8 Å². The van der Waals surface area contributed by atoms with Gasteiger partial charge in [0.2, 0.25) is 0 Å². The Morgan fingerprint density at radius 1 is 0.778 bits per heavy atom. The van der Waals surface area contributed by atoms with Crippen LogP contribution < -0.4 is 0 Å². The third kappa shape index (κ3) is 6.58. The van der Waals surface area contributed by atoms with Gasteiger partial charge in [0, 0.05) is 0 Å². The number of fused-ring (bicyclic) bond motifs is 1. The Morgan fingerprint density at radius 3 is 2.00 bits per heavy atom. The molecule has 0 heterocycles. The van der Waals surface area contributed by atoms with Crippen molar-refractivity contribution < 1.29 is 0 Å². The lowest BCUT2D eigenvalue weighted by Crippen LogP contribution is -2.34. The van der Waals surface area contributed by atoms with Gasteiger partial charge in [-0.05, 0) is 108 Å². The summed E-state index contributed by atoms with van der Waals surface area (Å²) in [5, 5.41) is 0. The molecule has 1 aliphatic rings. The molecule has 192 valence electrons. The molecule has 0 bridgehead atoms. The van der Waals surface area contributed by atoms with Crippen molar-refractivity contribution in [3.63, 3.8) is 0 Å². The second kappa shape index (κ2) is 11.6. The lowest BCUT2D eigenvalue weighted by molar-refractivity contribution is 0.331. The molecular formula is C36H48. The first-order valence-corrected chi connectivity index (χ1v) is 14.0. The van der Waals surface area contributed by atoms with Crippen LogP contribution in [-0.4, -0.2) is 0 Å². The van der Waals surface area contributed by atoms with Crippen molar-refractivity contribution in [1.29, 1.82) is 0 Å². The lowest BCUT2D eigenvalue weighted by Gasteiger charge is -2.42. The largest absolute Gasteiger partial charge is 0.0952 e. The number of hydrogen-bond donors (Lipinski definition) is 0. The van der Waals surface area contributed by atoms with Crippen LogP contribution in [0.15, 0.2) is 67.2 Å². The summed E-state index contributed by atoms with van der Waals surface area (Å²) >= 11 is 0. The second-order valence-corrected chi connectivity index (χ2v) is 11.9. The zero-order valence-corrected chi connectivity index (χ0v) is 24.2. The highest BCUT2D eigenvalue weighted by Crippen LogP contribution is 2.46. The van der Waals surface area contributed by atoms with Gasteiger partial charge in [0.25, 0.3) is 0 Å². The van der Waals surface area contributed by atoms with Crippen LogP contribution in [0.3, 0.4) is 0 Å². The van der Waals surface area contributed by atoms with Gasteiger partial charge in [0.05, 0.1) is 0 Å². The first-order chi connectivity index (χ1) is 17.0. The fourth-order valence-corrected chi connectivity index (χ4v) is 5.55. The Balaban J connectivity index is 0.00000176. The molecular weight excluding hydrogens is 432 g/mol. The average molecular weight is 481 g/mol. The van der Waals surface area contributed by atoms with Crippen LogP contribution >= 0.6 is 0 Å². The standard InChI is InChI=1S/C34H42.C2H6/c1-24-10-8-12-27(20-24)13-9-11-25(2)29-16-14-28(15-17-29)22-30-23-32-31(21-26(30)3)33(4,5)18-19-34(32,6)7;1-2/h8,10,12,14-17,20-21,23H,2,9,11,13,18-19,22H2,1,3-7H3;1-2H3. The molecule has 0 amide bonds. The molecule has 36 heavy (non-hydrogen) atoms. The SMILES string of the molecule is C=C(CCCc1cccc(C)c1)c1ccc(Cc2cc3c(cc2C)C(C)(C)CCC3(C)C)cc1.CC. The number of allylic oxidation sites excluding steroid dienone is 1. The van der Waals surface area contributed by atoms with Crippen LogP contribution in [-0.2, 0) is 23.7 Å². The second-order valence-electron chi connectivity index (χ2n) is 11.9. The summed E-state index contributed by atoms with van der Waals surface area (Å²) in [6.07, 6.45) is 6.82. The number of rotatable bonds is 7. The van der Waals surface area contributed by atoms with Gasteiger partial charge >= 0.3 is 0 Å². The zero-order valence-electron chi connectivity index (χ0n) is 24.2. The molecule has 0 N–H and O–H groups in total. The molecule has 0 saturated heterocycles. The van der Waals surface area contributed by atoms with Crippen LogP contribution in [0.1, 0.15) is 112 Å². The monoisotopic (exact) mass is 480 g/mol. The van der Waals surface area contributed by atoms with E-state index in [1.807, 2.05) is 13.8 Å². The van der Waals surface area contributed by atoms with E-state index in [2.05, 4.69) is 109 Å². The minimum Gasteiger partial charge on any atom is -0.0952 e. The first-order valence-electron chi connectivity index (χ1n) is 14.0. The van der Waals surface area contributed by atoms with Gasteiger partial charge in [0.1, 0.15) is 0 Å².